The Morgan fingerprint density at radius 1 is 1.17 bits per heavy atom. The molecule has 2 saturated carbocycles. The van der Waals surface area contributed by atoms with Gasteiger partial charge in [-0.3, -0.25) is 19.3 Å². The number of nitrogens with one attached hydrogen (secondary N) is 1. The fourth-order valence-corrected chi connectivity index (χ4v) is 4.97. The van der Waals surface area contributed by atoms with Crippen molar-refractivity contribution >= 4 is 17.7 Å². The van der Waals surface area contributed by atoms with Crippen LogP contribution in [0.1, 0.15) is 12.2 Å². The zero-order valence-electron chi connectivity index (χ0n) is 13.1. The molecule has 3 amide bonds. The Morgan fingerprint density at radius 3 is 2.42 bits per heavy atom. The average Bonchev–Trinajstić information content (AvgIpc) is 3.19. The van der Waals surface area contributed by atoms with Gasteiger partial charge in [-0.1, -0.05) is 12.2 Å². The lowest BCUT2D eigenvalue weighted by Crippen LogP contribution is -2.41. The smallest absolute Gasteiger partial charge is 0.240 e. The molecule has 5 aliphatic rings. The van der Waals surface area contributed by atoms with Crippen molar-refractivity contribution in [1.82, 2.24) is 10.2 Å². The monoisotopic (exact) mass is 326 g/mol. The van der Waals surface area contributed by atoms with Crippen molar-refractivity contribution in [2.45, 2.75) is 13.0 Å². The van der Waals surface area contributed by atoms with Crippen LogP contribution in [0.25, 0.3) is 0 Å². The van der Waals surface area contributed by atoms with Crippen LogP contribution in [0.5, 0.6) is 0 Å². The van der Waals surface area contributed by atoms with Crippen LogP contribution >= 0.6 is 0 Å². The summed E-state index contributed by atoms with van der Waals surface area (Å²) in [5.41, 5.74) is 0. The van der Waals surface area contributed by atoms with Gasteiger partial charge in [-0.2, -0.15) is 0 Å². The largest absolute Gasteiger partial charge is 0.467 e. The zero-order valence-corrected chi connectivity index (χ0v) is 13.1. The summed E-state index contributed by atoms with van der Waals surface area (Å²) >= 11 is 0. The first kappa shape index (κ1) is 14.0. The number of hydrogen-bond acceptors (Lipinski definition) is 4. The van der Waals surface area contributed by atoms with E-state index in [-0.39, 0.29) is 54.5 Å². The van der Waals surface area contributed by atoms with Gasteiger partial charge in [-0.25, -0.2) is 0 Å². The molecule has 6 rings (SSSR count). The summed E-state index contributed by atoms with van der Waals surface area (Å²) in [7, 11) is 0. The topological polar surface area (TPSA) is 79.6 Å². The van der Waals surface area contributed by atoms with Crippen LogP contribution in [0.4, 0.5) is 0 Å². The molecule has 1 aromatic rings. The number of rotatable bonds is 4. The summed E-state index contributed by atoms with van der Waals surface area (Å²) in [6.07, 6.45) is 6.94. The summed E-state index contributed by atoms with van der Waals surface area (Å²) in [4.78, 5) is 38.8. The lowest BCUT2D eigenvalue weighted by Gasteiger charge is -2.37. The molecular weight excluding hydrogens is 308 g/mol. The zero-order chi connectivity index (χ0) is 16.4. The summed E-state index contributed by atoms with van der Waals surface area (Å²) < 4.78 is 5.16. The predicted molar refractivity (Wildman–Crippen MR) is 82.0 cm³/mol. The van der Waals surface area contributed by atoms with Gasteiger partial charge in [-0.05, 0) is 42.2 Å². The van der Waals surface area contributed by atoms with E-state index in [0.717, 1.165) is 6.42 Å². The molecule has 0 unspecified atom stereocenters. The summed E-state index contributed by atoms with van der Waals surface area (Å²) in [5.74, 6) is 1.02. The average molecular weight is 326 g/mol. The van der Waals surface area contributed by atoms with Crippen molar-refractivity contribution in [3.05, 3.63) is 36.3 Å². The third-order valence-electron chi connectivity index (χ3n) is 6.10. The third kappa shape index (κ3) is 1.85. The molecule has 2 bridgehead atoms. The first-order valence-corrected chi connectivity index (χ1v) is 8.48. The number of nitrogens with zero attached hydrogens (tertiary/aromatic N) is 1. The Balaban J connectivity index is 1.29. The second-order valence-electron chi connectivity index (χ2n) is 7.27. The molecule has 1 N–H and O–H groups in total. The van der Waals surface area contributed by atoms with Crippen molar-refractivity contribution in [1.29, 1.82) is 0 Å². The Kier molecular flexibility index (Phi) is 2.81. The highest BCUT2D eigenvalue weighted by Crippen LogP contribution is 2.65. The first-order valence-electron chi connectivity index (χ1n) is 8.48. The maximum Gasteiger partial charge on any atom is 0.240 e. The van der Waals surface area contributed by atoms with Crippen LogP contribution in [0.3, 0.4) is 0 Å². The minimum atomic E-state index is -0.336. The number of hydrogen-bond donors (Lipinski definition) is 1. The normalized spacial score (nSPS) is 38.2. The van der Waals surface area contributed by atoms with E-state index in [0.29, 0.717) is 17.6 Å². The van der Waals surface area contributed by atoms with E-state index in [1.165, 1.54) is 11.2 Å². The molecule has 3 fully saturated rings. The molecular formula is C18H18N2O4. The number of imide groups is 1. The van der Waals surface area contributed by atoms with E-state index < -0.39 is 0 Å². The van der Waals surface area contributed by atoms with Crippen LogP contribution in [0.2, 0.25) is 0 Å². The van der Waals surface area contributed by atoms with Gasteiger partial charge < -0.3 is 9.73 Å². The van der Waals surface area contributed by atoms with Crippen LogP contribution in [-0.2, 0) is 20.9 Å². The molecule has 0 aromatic carbocycles. The molecule has 6 heteroatoms. The third-order valence-corrected chi connectivity index (χ3v) is 6.10. The molecule has 0 radical (unpaired) electrons. The van der Waals surface area contributed by atoms with Gasteiger partial charge >= 0.3 is 0 Å². The molecule has 24 heavy (non-hydrogen) atoms. The van der Waals surface area contributed by atoms with E-state index in [9.17, 15) is 14.4 Å². The van der Waals surface area contributed by atoms with Gasteiger partial charge in [0.05, 0.1) is 24.6 Å². The Hall–Kier alpha value is -2.37. The first-order chi connectivity index (χ1) is 11.6. The minimum Gasteiger partial charge on any atom is -0.467 e. The predicted octanol–water partition coefficient (Wildman–Crippen LogP) is 0.949. The van der Waals surface area contributed by atoms with Gasteiger partial charge in [-0.15, -0.1) is 0 Å². The van der Waals surface area contributed by atoms with Crippen molar-refractivity contribution in [2.24, 2.45) is 35.5 Å². The van der Waals surface area contributed by atoms with E-state index in [1.807, 2.05) is 0 Å². The lowest BCUT2D eigenvalue weighted by molar-refractivity contribution is -0.143. The lowest BCUT2D eigenvalue weighted by atomic mass is 9.63. The van der Waals surface area contributed by atoms with Gasteiger partial charge in [0.1, 0.15) is 12.3 Å². The molecule has 1 aromatic heterocycles. The molecule has 4 aliphatic carbocycles. The Morgan fingerprint density at radius 2 is 1.83 bits per heavy atom. The fraction of sp³-hybridized carbons (Fsp3) is 0.500. The number of amides is 3. The highest BCUT2D eigenvalue weighted by Gasteiger charge is 2.67. The highest BCUT2D eigenvalue weighted by molar-refractivity contribution is 6.08. The van der Waals surface area contributed by atoms with Gasteiger partial charge in [0, 0.05) is 0 Å². The SMILES string of the molecule is O=C(CN1C(=O)[C@@H]2[C@H]3C=C[C@H]([C@H]4C[C@@H]34)[C@@H]2C1=O)NCc1ccco1. The molecule has 6 atom stereocenters. The quantitative estimate of drug-likeness (QED) is 0.660. The van der Waals surface area contributed by atoms with Crippen LogP contribution in [0.15, 0.2) is 35.0 Å². The summed E-state index contributed by atoms with van der Waals surface area (Å²) in [5, 5.41) is 2.70. The Labute approximate surface area is 138 Å². The second-order valence-corrected chi connectivity index (χ2v) is 7.27. The number of likely N-dealkylation sites (tertiary alicyclic amines) is 1. The van der Waals surface area contributed by atoms with Crippen LogP contribution in [-0.4, -0.2) is 29.2 Å². The molecule has 6 nitrogen and oxygen atoms in total. The van der Waals surface area contributed by atoms with Crippen molar-refractivity contribution in [3.8, 4) is 0 Å². The molecule has 1 aliphatic heterocycles. The van der Waals surface area contributed by atoms with Crippen molar-refractivity contribution < 1.29 is 18.8 Å². The van der Waals surface area contributed by atoms with E-state index in [2.05, 4.69) is 17.5 Å². The van der Waals surface area contributed by atoms with Gasteiger partial charge in [0.15, 0.2) is 0 Å². The van der Waals surface area contributed by atoms with E-state index >= 15 is 0 Å². The standard InChI is InChI=1S/C18H18N2O4/c21-14(19-7-9-2-1-5-24-9)8-20-17(22)15-10-3-4-11(13-6-12(10)13)16(15)18(20)23/h1-5,10-13,15-16H,6-8H2,(H,19,21)/t10-,11+,12-,13+,15+,16-. The summed E-state index contributed by atoms with van der Waals surface area (Å²) in [6, 6.07) is 3.50. The van der Waals surface area contributed by atoms with Crippen LogP contribution < -0.4 is 5.32 Å². The van der Waals surface area contributed by atoms with Crippen molar-refractivity contribution in [2.75, 3.05) is 6.54 Å². The molecule has 2 heterocycles. The number of carbonyl (C=O) groups excluding carboxylic acids is 3. The minimum absolute atomic E-state index is 0.164. The summed E-state index contributed by atoms with van der Waals surface area (Å²) in [6.45, 7) is 0.0615. The van der Waals surface area contributed by atoms with Gasteiger partial charge in [0.25, 0.3) is 0 Å². The molecule has 0 spiro atoms. The second kappa shape index (κ2) is 4.82. The number of allylic oxidation sites excluding steroid dienone is 2. The maximum absolute atomic E-state index is 12.7. The fourth-order valence-electron chi connectivity index (χ4n) is 4.97. The number of carbonyl (C=O) groups is 3. The molecule has 124 valence electrons. The van der Waals surface area contributed by atoms with Crippen LogP contribution in [0, 0.1) is 35.5 Å². The van der Waals surface area contributed by atoms with E-state index in [4.69, 9.17) is 4.42 Å². The highest BCUT2D eigenvalue weighted by atomic mass is 16.3. The molecule has 1 saturated heterocycles. The van der Waals surface area contributed by atoms with Gasteiger partial charge in [0.2, 0.25) is 17.7 Å². The van der Waals surface area contributed by atoms with E-state index in [1.54, 1.807) is 12.1 Å². The maximum atomic E-state index is 12.7. The Bertz CT molecular complexity index is 717. The number of furan rings is 1. The van der Waals surface area contributed by atoms with Crippen molar-refractivity contribution in [3.63, 3.8) is 0 Å².